The normalized spacial score (nSPS) is 11.9. The van der Waals surface area contributed by atoms with E-state index in [1.807, 2.05) is 43.3 Å². The Kier molecular flexibility index (Phi) is 4.15. The van der Waals surface area contributed by atoms with E-state index in [1.54, 1.807) is 12.3 Å². The Balaban J connectivity index is 2.17. The van der Waals surface area contributed by atoms with Crippen LogP contribution in [-0.2, 0) is 16.4 Å². The molecule has 0 spiro atoms. The van der Waals surface area contributed by atoms with Gasteiger partial charge in [0.1, 0.15) is 21.7 Å². The molecule has 0 saturated heterocycles. The van der Waals surface area contributed by atoms with E-state index in [1.165, 1.54) is 15.0 Å². The van der Waals surface area contributed by atoms with Gasteiger partial charge in [0.05, 0.1) is 11.9 Å². The number of nitrogens with zero attached hydrogens (tertiary/aromatic N) is 3. The van der Waals surface area contributed by atoms with E-state index in [0.717, 1.165) is 17.4 Å². The standard InChI is InChI=1S/C20H18N4O3S/c1-13-8-9-17-22-19-15(20(25)23(17)11-13)10-16(28(2,26)27)18(21)24(19)12-14-6-4-3-5-7-14/h3-11,21H,12H2,1-2H3. The molecule has 3 heterocycles. The summed E-state index contributed by atoms with van der Waals surface area (Å²) in [6.45, 7) is 2.09. The molecule has 0 aliphatic carbocycles. The van der Waals surface area contributed by atoms with Gasteiger partial charge in [0.25, 0.3) is 5.56 Å². The van der Waals surface area contributed by atoms with E-state index >= 15 is 0 Å². The van der Waals surface area contributed by atoms with Crippen LogP contribution in [0, 0.1) is 12.3 Å². The predicted octanol–water partition coefficient (Wildman–Crippen LogP) is 1.89. The van der Waals surface area contributed by atoms with Crippen molar-refractivity contribution < 1.29 is 8.42 Å². The molecule has 1 aromatic carbocycles. The van der Waals surface area contributed by atoms with Gasteiger partial charge in [-0.2, -0.15) is 0 Å². The van der Waals surface area contributed by atoms with Crippen LogP contribution in [-0.4, -0.2) is 28.6 Å². The fourth-order valence-corrected chi connectivity index (χ4v) is 4.01. The van der Waals surface area contributed by atoms with Gasteiger partial charge in [-0.1, -0.05) is 36.4 Å². The summed E-state index contributed by atoms with van der Waals surface area (Å²) in [6.07, 6.45) is 2.70. The molecule has 0 fully saturated rings. The van der Waals surface area contributed by atoms with Crippen molar-refractivity contribution in [2.75, 3.05) is 6.26 Å². The molecule has 28 heavy (non-hydrogen) atoms. The maximum Gasteiger partial charge on any atom is 0.267 e. The summed E-state index contributed by atoms with van der Waals surface area (Å²) in [4.78, 5) is 17.5. The van der Waals surface area contributed by atoms with E-state index < -0.39 is 9.84 Å². The van der Waals surface area contributed by atoms with Crippen LogP contribution in [0.3, 0.4) is 0 Å². The van der Waals surface area contributed by atoms with Crippen LogP contribution in [0.1, 0.15) is 11.1 Å². The number of hydrogen-bond donors (Lipinski definition) is 1. The maximum absolute atomic E-state index is 13.1. The summed E-state index contributed by atoms with van der Waals surface area (Å²) in [5.74, 6) is 0. The Morgan fingerprint density at radius 1 is 1.11 bits per heavy atom. The zero-order valence-corrected chi connectivity index (χ0v) is 16.2. The van der Waals surface area contributed by atoms with Gasteiger partial charge >= 0.3 is 0 Å². The second-order valence-corrected chi connectivity index (χ2v) is 8.77. The zero-order valence-electron chi connectivity index (χ0n) is 15.4. The number of benzene rings is 1. The maximum atomic E-state index is 13.1. The molecule has 0 atom stereocenters. The Bertz CT molecular complexity index is 1450. The molecular formula is C20H18N4O3S. The SMILES string of the molecule is Cc1ccc2nc3c(cc(S(C)(=O)=O)c(=N)n3Cc3ccccc3)c(=O)n2c1. The van der Waals surface area contributed by atoms with Gasteiger partial charge in [-0.25, -0.2) is 13.4 Å². The van der Waals surface area contributed by atoms with Gasteiger partial charge in [-0.3, -0.25) is 14.6 Å². The van der Waals surface area contributed by atoms with Gasteiger partial charge < -0.3 is 4.57 Å². The Morgan fingerprint density at radius 2 is 1.82 bits per heavy atom. The van der Waals surface area contributed by atoms with Gasteiger partial charge in [0.15, 0.2) is 9.84 Å². The number of rotatable bonds is 3. The number of aryl methyl sites for hydroxylation is 1. The Hall–Kier alpha value is -3.26. The van der Waals surface area contributed by atoms with E-state index in [9.17, 15) is 13.2 Å². The summed E-state index contributed by atoms with van der Waals surface area (Å²) in [5, 5.41) is 8.64. The average Bonchev–Trinajstić information content (AvgIpc) is 2.65. The minimum atomic E-state index is -3.70. The predicted molar refractivity (Wildman–Crippen MR) is 106 cm³/mol. The molecule has 0 aliphatic heterocycles. The van der Waals surface area contributed by atoms with Crippen LogP contribution < -0.4 is 11.0 Å². The van der Waals surface area contributed by atoms with Crippen molar-refractivity contribution in [3.8, 4) is 0 Å². The first-order chi connectivity index (χ1) is 13.3. The van der Waals surface area contributed by atoms with E-state index in [4.69, 9.17) is 5.41 Å². The molecule has 0 unspecified atom stereocenters. The fraction of sp³-hybridized carbons (Fsp3) is 0.150. The fourth-order valence-electron chi connectivity index (χ4n) is 3.22. The molecule has 142 valence electrons. The third-order valence-corrected chi connectivity index (χ3v) is 5.71. The van der Waals surface area contributed by atoms with Gasteiger partial charge in [0.2, 0.25) is 0 Å². The van der Waals surface area contributed by atoms with Gasteiger partial charge in [-0.15, -0.1) is 0 Å². The molecular weight excluding hydrogens is 376 g/mol. The van der Waals surface area contributed by atoms with E-state index in [2.05, 4.69) is 4.98 Å². The lowest BCUT2D eigenvalue weighted by atomic mass is 10.2. The lowest BCUT2D eigenvalue weighted by molar-refractivity contribution is 0.597. The lowest BCUT2D eigenvalue weighted by Crippen LogP contribution is -2.30. The van der Waals surface area contributed by atoms with Crippen molar-refractivity contribution in [3.63, 3.8) is 0 Å². The summed E-state index contributed by atoms with van der Waals surface area (Å²) in [6, 6.07) is 14.2. The van der Waals surface area contributed by atoms with Crippen molar-refractivity contribution >= 4 is 26.5 Å². The molecule has 0 amide bonds. The summed E-state index contributed by atoms with van der Waals surface area (Å²) in [5.41, 5.74) is 1.93. The highest BCUT2D eigenvalue weighted by Crippen LogP contribution is 2.15. The topological polar surface area (TPSA) is 97.3 Å². The van der Waals surface area contributed by atoms with Crippen molar-refractivity contribution in [1.82, 2.24) is 14.0 Å². The number of sulfone groups is 1. The molecule has 3 aromatic heterocycles. The third kappa shape index (κ3) is 3.01. The smallest absolute Gasteiger partial charge is 0.267 e. The number of pyridine rings is 2. The molecule has 0 radical (unpaired) electrons. The molecule has 8 heteroatoms. The van der Waals surface area contributed by atoms with Crippen LogP contribution in [0.25, 0.3) is 16.7 Å². The molecule has 1 N–H and O–H groups in total. The Morgan fingerprint density at radius 3 is 2.50 bits per heavy atom. The first kappa shape index (κ1) is 18.1. The first-order valence-electron chi connectivity index (χ1n) is 8.61. The van der Waals surface area contributed by atoms with Crippen LogP contribution in [0.4, 0.5) is 0 Å². The molecule has 0 saturated carbocycles. The van der Waals surface area contributed by atoms with Crippen LogP contribution in [0.5, 0.6) is 0 Å². The zero-order chi connectivity index (χ0) is 20.1. The lowest BCUT2D eigenvalue weighted by Gasteiger charge is -2.14. The van der Waals surface area contributed by atoms with Crippen molar-refractivity contribution in [1.29, 1.82) is 5.41 Å². The molecule has 7 nitrogen and oxygen atoms in total. The highest BCUT2D eigenvalue weighted by Gasteiger charge is 2.19. The van der Waals surface area contributed by atoms with E-state index in [-0.39, 0.29) is 33.5 Å². The summed E-state index contributed by atoms with van der Waals surface area (Å²) < 4.78 is 27.4. The molecule has 4 rings (SSSR count). The van der Waals surface area contributed by atoms with Crippen LogP contribution in [0.2, 0.25) is 0 Å². The quantitative estimate of drug-likeness (QED) is 0.537. The molecule has 0 bridgehead atoms. The van der Waals surface area contributed by atoms with Gasteiger partial charge in [-0.05, 0) is 30.2 Å². The number of fused-ring (bicyclic) bond motifs is 2. The van der Waals surface area contributed by atoms with Gasteiger partial charge in [0, 0.05) is 12.5 Å². The first-order valence-corrected chi connectivity index (χ1v) is 10.5. The second kappa shape index (κ2) is 6.42. The minimum absolute atomic E-state index is 0.162. The number of hydrogen-bond acceptors (Lipinski definition) is 5. The monoisotopic (exact) mass is 394 g/mol. The average molecular weight is 394 g/mol. The number of nitrogens with one attached hydrogen (secondary N) is 1. The van der Waals surface area contributed by atoms with Crippen LogP contribution >= 0.6 is 0 Å². The Labute approximate surface area is 161 Å². The minimum Gasteiger partial charge on any atom is -0.305 e. The van der Waals surface area contributed by atoms with Crippen molar-refractivity contribution in [2.45, 2.75) is 18.4 Å². The molecule has 0 aliphatic rings. The van der Waals surface area contributed by atoms with Crippen molar-refractivity contribution in [2.24, 2.45) is 0 Å². The van der Waals surface area contributed by atoms with E-state index in [0.29, 0.717) is 5.65 Å². The molecule has 4 aromatic rings. The highest BCUT2D eigenvalue weighted by atomic mass is 32.2. The van der Waals surface area contributed by atoms with Crippen molar-refractivity contribution in [3.05, 3.63) is 81.7 Å². The summed E-state index contributed by atoms with van der Waals surface area (Å²) in [7, 11) is -3.70. The van der Waals surface area contributed by atoms with Crippen LogP contribution in [0.15, 0.2) is 64.4 Å². The number of aromatic nitrogens is 3. The largest absolute Gasteiger partial charge is 0.305 e. The second-order valence-electron chi connectivity index (χ2n) is 6.79. The summed E-state index contributed by atoms with van der Waals surface area (Å²) >= 11 is 0. The third-order valence-electron chi connectivity index (χ3n) is 4.60. The highest BCUT2D eigenvalue weighted by molar-refractivity contribution is 7.90.